The van der Waals surface area contributed by atoms with Crippen LogP contribution in [-0.2, 0) is 21.2 Å². The first kappa shape index (κ1) is 24.0. The van der Waals surface area contributed by atoms with Gasteiger partial charge in [0.2, 0.25) is 10.0 Å². The maximum absolute atomic E-state index is 12.0. The number of aliphatic carboxylic acids is 1. The molecule has 0 aliphatic rings. The van der Waals surface area contributed by atoms with E-state index in [1.165, 1.54) is 0 Å². The van der Waals surface area contributed by atoms with Crippen LogP contribution in [-0.4, -0.2) is 39.0 Å². The summed E-state index contributed by atoms with van der Waals surface area (Å²) >= 11 is 1.66. The number of sulfonamides is 1. The van der Waals surface area contributed by atoms with E-state index in [1.807, 2.05) is 12.1 Å². The van der Waals surface area contributed by atoms with Crippen LogP contribution in [0.4, 0.5) is 0 Å². The summed E-state index contributed by atoms with van der Waals surface area (Å²) in [7, 11) is -3.44. The molecule has 0 unspecified atom stereocenters. The number of carboxylic acid groups (broad SMARTS) is 1. The summed E-state index contributed by atoms with van der Waals surface area (Å²) in [6.45, 7) is -0.0913. The van der Waals surface area contributed by atoms with Crippen LogP contribution in [0.25, 0.3) is 0 Å². The molecule has 0 aliphatic carbocycles. The zero-order valence-electron chi connectivity index (χ0n) is 15.1. The van der Waals surface area contributed by atoms with Crippen molar-refractivity contribution in [3.8, 4) is 5.75 Å². The molecule has 0 aliphatic heterocycles. The van der Waals surface area contributed by atoms with Gasteiger partial charge in [-0.15, -0.1) is 0 Å². The second-order valence-corrected chi connectivity index (χ2v) is 8.37. The Hall–Kier alpha value is -1.03. The maximum atomic E-state index is 12.0. The van der Waals surface area contributed by atoms with E-state index in [9.17, 15) is 18.3 Å². The number of thioether (sulfide) groups is 1. The Morgan fingerprint density at radius 3 is 2.33 bits per heavy atom. The number of ether oxygens (including phenoxy) is 1. The van der Waals surface area contributed by atoms with Crippen LogP contribution in [0.3, 0.4) is 0 Å². The molecule has 0 aromatic heterocycles. The number of hydrogen-bond donors (Lipinski definition) is 1. The van der Waals surface area contributed by atoms with Crippen molar-refractivity contribution in [3.05, 3.63) is 60.2 Å². The first-order valence-corrected chi connectivity index (χ1v) is 10.7. The number of hydrogen-bond acceptors (Lipinski definition) is 6. The fourth-order valence-electron chi connectivity index (χ4n) is 2.12. The molecule has 0 amide bonds. The van der Waals surface area contributed by atoms with E-state index in [4.69, 9.17) is 4.74 Å². The van der Waals surface area contributed by atoms with Crippen LogP contribution in [0.15, 0.2) is 59.5 Å². The fraction of sp³-hybridized carbons (Fsp3) is 0.278. The Bertz CT molecular complexity index is 798. The molecule has 0 spiro atoms. The zero-order chi connectivity index (χ0) is 18.8. The first-order valence-electron chi connectivity index (χ1n) is 8.01. The molecule has 0 saturated carbocycles. The molecule has 1 N–H and O–H groups in total. The van der Waals surface area contributed by atoms with E-state index >= 15 is 0 Å². The van der Waals surface area contributed by atoms with Gasteiger partial charge in [-0.25, -0.2) is 13.1 Å². The van der Waals surface area contributed by atoms with E-state index in [1.54, 1.807) is 54.2 Å². The van der Waals surface area contributed by atoms with Crippen LogP contribution in [0, 0.1) is 0 Å². The molecule has 6 nitrogen and oxygen atoms in total. The van der Waals surface area contributed by atoms with Gasteiger partial charge in [-0.2, -0.15) is 11.8 Å². The second-order valence-electron chi connectivity index (χ2n) is 5.38. The molecule has 0 radical (unpaired) electrons. The Morgan fingerprint density at radius 1 is 1.04 bits per heavy atom. The number of carbonyl (C=O) groups is 1. The molecular weight excluding hydrogens is 397 g/mol. The summed E-state index contributed by atoms with van der Waals surface area (Å²) in [6.07, 6.45) is 0.830. The number of carbonyl (C=O) groups excluding carboxylic acids is 1. The van der Waals surface area contributed by atoms with Gasteiger partial charge in [-0.05, 0) is 42.0 Å². The molecule has 27 heavy (non-hydrogen) atoms. The largest absolute Gasteiger partial charge is 1.00 e. The quantitative estimate of drug-likeness (QED) is 0.338. The van der Waals surface area contributed by atoms with E-state index in [-0.39, 0.29) is 34.5 Å². The number of nitrogens with one attached hydrogen (secondary N) is 1. The van der Waals surface area contributed by atoms with Gasteiger partial charge in [0.1, 0.15) is 12.4 Å². The van der Waals surface area contributed by atoms with Gasteiger partial charge in [-0.3, -0.25) is 0 Å². The molecule has 0 saturated heterocycles. The van der Waals surface area contributed by atoms with Crippen molar-refractivity contribution >= 4 is 27.8 Å². The minimum Gasteiger partial charge on any atom is -0.546 e. The Labute approximate surface area is 186 Å². The topological polar surface area (TPSA) is 95.5 Å². The van der Waals surface area contributed by atoms with Crippen molar-refractivity contribution in [2.24, 2.45) is 0 Å². The maximum Gasteiger partial charge on any atom is 1.00 e. The van der Waals surface area contributed by atoms with Crippen molar-refractivity contribution in [1.82, 2.24) is 4.72 Å². The zero-order valence-corrected chi connectivity index (χ0v) is 18.7. The predicted molar refractivity (Wildman–Crippen MR) is 99.6 cm³/mol. The number of aryl methyl sites for hydroxylation is 1. The molecule has 2 aromatic carbocycles. The molecule has 0 bridgehead atoms. The van der Waals surface area contributed by atoms with Crippen LogP contribution in [0.5, 0.6) is 5.75 Å². The minimum absolute atomic E-state index is 0. The molecule has 0 heterocycles. The van der Waals surface area contributed by atoms with Gasteiger partial charge in [0.05, 0.1) is 10.9 Å². The van der Waals surface area contributed by atoms with Gasteiger partial charge in [0.25, 0.3) is 0 Å². The molecule has 140 valence electrons. The summed E-state index contributed by atoms with van der Waals surface area (Å²) in [5.41, 5.74) is 1.10. The molecule has 9 heteroatoms. The van der Waals surface area contributed by atoms with Gasteiger partial charge in [0, 0.05) is 12.3 Å². The SMILES string of the molecule is O=C([O-])COc1ccc(CCSCCNS(=O)(=O)c2ccccc2)cc1.[Na+]. The van der Waals surface area contributed by atoms with Crippen LogP contribution < -0.4 is 44.1 Å². The van der Waals surface area contributed by atoms with Crippen LogP contribution in [0.2, 0.25) is 0 Å². The molecular formula is C18H20NNaO5S2. The summed E-state index contributed by atoms with van der Waals surface area (Å²) in [4.78, 5) is 10.6. The Balaban J connectivity index is 0.00000364. The Morgan fingerprint density at radius 2 is 1.70 bits per heavy atom. The predicted octanol–water partition coefficient (Wildman–Crippen LogP) is -1.93. The van der Waals surface area contributed by atoms with Crippen LogP contribution in [0.1, 0.15) is 5.56 Å². The van der Waals surface area contributed by atoms with Crippen molar-refractivity contribution in [3.63, 3.8) is 0 Å². The summed E-state index contributed by atoms with van der Waals surface area (Å²) in [6, 6.07) is 15.5. The number of rotatable bonds is 11. The summed E-state index contributed by atoms with van der Waals surface area (Å²) < 4.78 is 31.7. The van der Waals surface area contributed by atoms with Crippen molar-refractivity contribution in [2.45, 2.75) is 11.3 Å². The third-order valence-corrected chi connectivity index (χ3v) is 5.87. The normalized spacial score (nSPS) is 10.8. The fourth-order valence-corrected chi connectivity index (χ4v) is 4.13. The average molecular weight is 417 g/mol. The van der Waals surface area contributed by atoms with Gasteiger partial charge < -0.3 is 14.6 Å². The van der Waals surface area contributed by atoms with Crippen molar-refractivity contribution < 1.29 is 52.6 Å². The van der Waals surface area contributed by atoms with Crippen molar-refractivity contribution in [2.75, 3.05) is 24.7 Å². The third kappa shape index (κ3) is 9.14. The van der Waals surface area contributed by atoms with E-state index < -0.39 is 22.6 Å². The minimum atomic E-state index is -3.44. The van der Waals surface area contributed by atoms with E-state index in [2.05, 4.69) is 4.72 Å². The monoisotopic (exact) mass is 417 g/mol. The smallest absolute Gasteiger partial charge is 0.546 e. The Kier molecular flexibility index (Phi) is 11.1. The van der Waals surface area contributed by atoms with Gasteiger partial charge in [0.15, 0.2) is 0 Å². The summed E-state index contributed by atoms with van der Waals surface area (Å²) in [5.74, 6) is 0.764. The van der Waals surface area contributed by atoms with Crippen LogP contribution >= 0.6 is 11.8 Å². The van der Waals surface area contributed by atoms with Crippen molar-refractivity contribution in [1.29, 1.82) is 0 Å². The van der Waals surface area contributed by atoms with Gasteiger partial charge in [-0.1, -0.05) is 30.3 Å². The second kappa shape index (κ2) is 12.4. The average Bonchev–Trinajstić information content (AvgIpc) is 2.64. The third-order valence-electron chi connectivity index (χ3n) is 3.41. The standard InChI is InChI=1S/C18H21NO5S2.Na/c20-18(21)14-24-16-8-6-15(7-9-16)10-12-25-13-11-19-26(22,23)17-4-2-1-3-5-17;/h1-9,19H,10-14H2,(H,20,21);/q;+1/p-1. The number of carboxylic acids is 1. The number of benzene rings is 2. The molecule has 0 fully saturated rings. The molecule has 0 atom stereocenters. The molecule has 2 rings (SSSR count). The van der Waals surface area contributed by atoms with E-state index in [0.29, 0.717) is 18.0 Å². The first-order chi connectivity index (χ1) is 12.5. The molecule has 2 aromatic rings. The van der Waals surface area contributed by atoms with E-state index in [0.717, 1.165) is 17.7 Å². The summed E-state index contributed by atoms with van der Waals surface area (Å²) in [5, 5.41) is 10.3. The van der Waals surface area contributed by atoms with Gasteiger partial charge >= 0.3 is 29.6 Å².